The normalized spacial score (nSPS) is 10.8. The molecule has 0 saturated carbocycles. The van der Waals surface area contributed by atoms with E-state index < -0.39 is 18.5 Å². The number of aryl methyl sites for hydroxylation is 1. The van der Waals surface area contributed by atoms with E-state index in [-0.39, 0.29) is 6.61 Å². The number of benzene rings is 3. The quantitative estimate of drug-likeness (QED) is 0.483. The molecule has 0 bridgehead atoms. The lowest BCUT2D eigenvalue weighted by Gasteiger charge is -2.08. The largest absolute Gasteiger partial charge is 0.482 e. The molecule has 4 aromatic rings. The van der Waals surface area contributed by atoms with E-state index in [0.29, 0.717) is 10.9 Å². The fraction of sp³-hybridized carbons (Fsp3) is 0.136. The van der Waals surface area contributed by atoms with Gasteiger partial charge >= 0.3 is 5.97 Å². The Bertz CT molecular complexity index is 1200. The fourth-order valence-corrected chi connectivity index (χ4v) is 3.81. The van der Waals surface area contributed by atoms with Crippen LogP contribution in [0.4, 0.5) is 5.13 Å². The molecule has 0 aliphatic carbocycles. The van der Waals surface area contributed by atoms with Gasteiger partial charge < -0.3 is 9.47 Å². The number of nitrogens with one attached hydrogen (secondary N) is 1. The predicted molar refractivity (Wildman–Crippen MR) is 113 cm³/mol. The summed E-state index contributed by atoms with van der Waals surface area (Å²) in [6, 6.07) is 19.3. The van der Waals surface area contributed by atoms with E-state index >= 15 is 0 Å². The predicted octanol–water partition coefficient (Wildman–Crippen LogP) is 4.32. The van der Waals surface area contributed by atoms with Crippen LogP contribution in [0.15, 0.2) is 60.7 Å². The number of hydrogen-bond acceptors (Lipinski definition) is 6. The Hall–Kier alpha value is -3.45. The fourth-order valence-electron chi connectivity index (χ4n) is 2.83. The van der Waals surface area contributed by atoms with Crippen LogP contribution >= 0.6 is 11.3 Å². The summed E-state index contributed by atoms with van der Waals surface area (Å²) in [4.78, 5) is 28.2. The van der Waals surface area contributed by atoms with Crippen molar-refractivity contribution in [2.45, 2.75) is 6.92 Å². The monoisotopic (exact) mass is 406 g/mol. The smallest absolute Gasteiger partial charge is 0.344 e. The van der Waals surface area contributed by atoms with Gasteiger partial charge in [-0.1, -0.05) is 47.7 Å². The molecule has 0 fully saturated rings. The van der Waals surface area contributed by atoms with Crippen molar-refractivity contribution < 1.29 is 19.1 Å². The first kappa shape index (κ1) is 18.9. The average molecular weight is 406 g/mol. The van der Waals surface area contributed by atoms with E-state index in [1.54, 1.807) is 6.07 Å². The van der Waals surface area contributed by atoms with E-state index in [2.05, 4.69) is 10.3 Å². The third-order valence-corrected chi connectivity index (χ3v) is 5.17. The summed E-state index contributed by atoms with van der Waals surface area (Å²) in [6.07, 6.45) is 0. The molecule has 0 radical (unpaired) electrons. The van der Waals surface area contributed by atoms with E-state index in [1.165, 1.54) is 11.3 Å². The Labute approximate surface area is 171 Å². The van der Waals surface area contributed by atoms with Crippen molar-refractivity contribution in [1.82, 2.24) is 4.98 Å². The van der Waals surface area contributed by atoms with Crippen LogP contribution < -0.4 is 10.1 Å². The molecule has 0 aliphatic rings. The number of carbonyl (C=O) groups excluding carboxylic acids is 2. The summed E-state index contributed by atoms with van der Waals surface area (Å²) in [5.74, 6) is -0.497. The van der Waals surface area contributed by atoms with Gasteiger partial charge in [-0.05, 0) is 47.5 Å². The SMILES string of the molecule is Cc1ccc2nc(NC(=O)COC(=O)COc3ccc4ccccc4c3)sc2c1. The number of amides is 1. The number of esters is 1. The summed E-state index contributed by atoms with van der Waals surface area (Å²) in [7, 11) is 0. The number of hydrogen-bond donors (Lipinski definition) is 1. The Balaban J connectivity index is 1.26. The molecule has 0 spiro atoms. The summed E-state index contributed by atoms with van der Waals surface area (Å²) < 4.78 is 11.4. The number of rotatable bonds is 6. The van der Waals surface area contributed by atoms with Gasteiger partial charge in [0, 0.05) is 0 Å². The minimum Gasteiger partial charge on any atom is -0.482 e. The average Bonchev–Trinajstić information content (AvgIpc) is 3.11. The Morgan fingerprint density at radius 2 is 1.83 bits per heavy atom. The van der Waals surface area contributed by atoms with E-state index in [4.69, 9.17) is 9.47 Å². The Morgan fingerprint density at radius 1 is 1.00 bits per heavy atom. The maximum atomic E-state index is 12.0. The highest BCUT2D eigenvalue weighted by molar-refractivity contribution is 7.22. The van der Waals surface area contributed by atoms with Crippen LogP contribution in [-0.2, 0) is 14.3 Å². The minimum atomic E-state index is -0.617. The van der Waals surface area contributed by atoms with E-state index in [0.717, 1.165) is 26.6 Å². The molecular formula is C22H18N2O4S. The Morgan fingerprint density at radius 3 is 2.69 bits per heavy atom. The van der Waals surface area contributed by atoms with Gasteiger partial charge in [-0.15, -0.1) is 0 Å². The van der Waals surface area contributed by atoms with Gasteiger partial charge in [-0.3, -0.25) is 10.1 Å². The van der Waals surface area contributed by atoms with Crippen molar-refractivity contribution in [2.24, 2.45) is 0 Å². The third-order valence-electron chi connectivity index (χ3n) is 4.23. The molecule has 0 aliphatic heterocycles. The number of carbonyl (C=O) groups is 2. The minimum absolute atomic E-state index is 0.272. The first-order chi connectivity index (χ1) is 14.1. The molecule has 4 rings (SSSR count). The lowest BCUT2D eigenvalue weighted by molar-refractivity contribution is -0.149. The van der Waals surface area contributed by atoms with Gasteiger partial charge in [0.15, 0.2) is 18.3 Å². The molecule has 0 atom stereocenters. The van der Waals surface area contributed by atoms with Crippen LogP contribution in [-0.4, -0.2) is 30.1 Å². The van der Waals surface area contributed by atoms with Gasteiger partial charge in [0.1, 0.15) is 5.75 Å². The molecule has 29 heavy (non-hydrogen) atoms. The van der Waals surface area contributed by atoms with Crippen LogP contribution in [0.2, 0.25) is 0 Å². The number of nitrogens with zero attached hydrogens (tertiary/aromatic N) is 1. The van der Waals surface area contributed by atoms with Crippen molar-refractivity contribution >= 4 is 49.3 Å². The summed E-state index contributed by atoms with van der Waals surface area (Å²) >= 11 is 1.37. The second-order valence-corrected chi connectivity index (χ2v) is 7.53. The number of anilines is 1. The van der Waals surface area contributed by atoms with Crippen molar-refractivity contribution in [3.63, 3.8) is 0 Å². The molecule has 1 heterocycles. The molecule has 0 unspecified atom stereocenters. The molecule has 1 amide bonds. The molecule has 3 aromatic carbocycles. The van der Waals surface area contributed by atoms with Crippen molar-refractivity contribution in [1.29, 1.82) is 0 Å². The van der Waals surface area contributed by atoms with Crippen LogP contribution in [0.3, 0.4) is 0 Å². The first-order valence-corrected chi connectivity index (χ1v) is 9.83. The Kier molecular flexibility index (Phi) is 5.39. The summed E-state index contributed by atoms with van der Waals surface area (Å²) in [6.45, 7) is 1.33. The van der Waals surface area contributed by atoms with Crippen molar-refractivity contribution in [3.8, 4) is 5.75 Å². The zero-order valence-corrected chi connectivity index (χ0v) is 16.5. The van der Waals surface area contributed by atoms with Gasteiger partial charge in [0.05, 0.1) is 10.2 Å². The van der Waals surface area contributed by atoms with E-state index in [1.807, 2.05) is 61.5 Å². The first-order valence-electron chi connectivity index (χ1n) is 9.01. The second-order valence-electron chi connectivity index (χ2n) is 6.50. The molecule has 6 nitrogen and oxygen atoms in total. The van der Waals surface area contributed by atoms with Crippen molar-refractivity contribution in [2.75, 3.05) is 18.5 Å². The van der Waals surface area contributed by atoms with E-state index in [9.17, 15) is 9.59 Å². The topological polar surface area (TPSA) is 77.5 Å². The molecular weight excluding hydrogens is 388 g/mol. The maximum Gasteiger partial charge on any atom is 0.344 e. The zero-order valence-electron chi connectivity index (χ0n) is 15.7. The second kappa shape index (κ2) is 8.28. The standard InChI is InChI=1S/C22H18N2O4S/c1-14-6-9-18-19(10-14)29-22(23-18)24-20(25)12-28-21(26)13-27-17-8-7-15-4-2-3-5-16(15)11-17/h2-11H,12-13H2,1H3,(H,23,24,25). The number of fused-ring (bicyclic) bond motifs is 2. The highest BCUT2D eigenvalue weighted by Gasteiger charge is 2.11. The lowest BCUT2D eigenvalue weighted by atomic mass is 10.1. The van der Waals surface area contributed by atoms with Crippen LogP contribution in [0.1, 0.15) is 5.56 Å². The van der Waals surface area contributed by atoms with Gasteiger partial charge in [0.25, 0.3) is 5.91 Å². The van der Waals surface area contributed by atoms with Crippen molar-refractivity contribution in [3.05, 3.63) is 66.2 Å². The van der Waals surface area contributed by atoms with Gasteiger partial charge in [-0.2, -0.15) is 0 Å². The molecule has 1 aromatic heterocycles. The lowest BCUT2D eigenvalue weighted by Crippen LogP contribution is -2.23. The number of ether oxygens (including phenoxy) is 2. The summed E-state index contributed by atoms with van der Waals surface area (Å²) in [5, 5.41) is 5.23. The van der Waals surface area contributed by atoms with Crippen LogP contribution in [0.25, 0.3) is 21.0 Å². The molecule has 0 saturated heterocycles. The van der Waals surface area contributed by atoms with Crippen LogP contribution in [0, 0.1) is 6.92 Å². The third kappa shape index (κ3) is 4.70. The van der Waals surface area contributed by atoms with Crippen LogP contribution in [0.5, 0.6) is 5.75 Å². The highest BCUT2D eigenvalue weighted by Crippen LogP contribution is 2.26. The highest BCUT2D eigenvalue weighted by atomic mass is 32.1. The number of thiazole rings is 1. The van der Waals surface area contributed by atoms with Gasteiger partial charge in [0.2, 0.25) is 0 Å². The maximum absolute atomic E-state index is 12.0. The molecule has 7 heteroatoms. The van der Waals surface area contributed by atoms with Gasteiger partial charge in [-0.25, -0.2) is 9.78 Å². The molecule has 146 valence electrons. The number of aromatic nitrogens is 1. The zero-order chi connectivity index (χ0) is 20.2. The summed E-state index contributed by atoms with van der Waals surface area (Å²) in [5.41, 5.74) is 1.94. The molecule has 1 N–H and O–H groups in total.